The first kappa shape index (κ1) is 14.9. The van der Waals surface area contributed by atoms with Crippen molar-refractivity contribution in [2.45, 2.75) is 6.36 Å². The van der Waals surface area contributed by atoms with Crippen molar-refractivity contribution < 1.29 is 17.9 Å². The first-order valence-corrected chi connectivity index (χ1v) is 5.05. The van der Waals surface area contributed by atoms with E-state index in [1.54, 1.807) is 0 Å². The molecule has 0 radical (unpaired) electrons. The maximum atomic E-state index is 12.2. The number of para-hydroxylation sites is 1. The molecular weight excluding hydrogens is 287 g/mol. The van der Waals surface area contributed by atoms with Crippen molar-refractivity contribution in [1.29, 1.82) is 0 Å². The van der Waals surface area contributed by atoms with Crippen LogP contribution in [0, 0.1) is 0 Å². The van der Waals surface area contributed by atoms with E-state index in [1.807, 2.05) is 0 Å². The molecule has 0 spiro atoms. The number of guanidine groups is 2. The number of hydrogen-bond donors (Lipinski definition) is 3. The van der Waals surface area contributed by atoms with Crippen molar-refractivity contribution in [1.82, 2.24) is 0 Å². The molecule has 0 bridgehead atoms. The molecule has 6 N–H and O–H groups in total. The van der Waals surface area contributed by atoms with E-state index in [1.165, 1.54) is 18.2 Å². The highest BCUT2D eigenvalue weighted by Gasteiger charge is 2.33. The van der Waals surface area contributed by atoms with Crippen molar-refractivity contribution in [2.75, 3.05) is 0 Å². The van der Waals surface area contributed by atoms with Crippen molar-refractivity contribution in [2.24, 2.45) is 27.2 Å². The van der Waals surface area contributed by atoms with Gasteiger partial charge in [0.2, 0.25) is 5.96 Å². The smallest absolute Gasteiger partial charge is 0.402 e. The van der Waals surface area contributed by atoms with Crippen LogP contribution in [0.25, 0.3) is 0 Å². The van der Waals surface area contributed by atoms with Crippen LogP contribution in [0.5, 0.6) is 5.75 Å². The fourth-order valence-electron chi connectivity index (χ4n) is 1.08. The third-order valence-electron chi connectivity index (χ3n) is 1.64. The molecular formula is C9H9ClF3N5O. The predicted molar refractivity (Wildman–Crippen MR) is 65.2 cm³/mol. The van der Waals surface area contributed by atoms with Crippen LogP contribution < -0.4 is 21.9 Å². The lowest BCUT2D eigenvalue weighted by molar-refractivity contribution is -0.274. The van der Waals surface area contributed by atoms with E-state index in [-0.39, 0.29) is 16.7 Å². The van der Waals surface area contributed by atoms with Crippen molar-refractivity contribution >= 4 is 29.2 Å². The minimum atomic E-state index is -4.92. The monoisotopic (exact) mass is 295 g/mol. The van der Waals surface area contributed by atoms with Crippen LogP contribution in [-0.4, -0.2) is 18.3 Å². The second-order valence-corrected chi connectivity index (χ2v) is 3.55. The van der Waals surface area contributed by atoms with E-state index in [2.05, 4.69) is 14.7 Å². The first-order valence-electron chi connectivity index (χ1n) is 4.67. The van der Waals surface area contributed by atoms with Crippen molar-refractivity contribution in [3.8, 4) is 5.75 Å². The molecule has 10 heteroatoms. The Morgan fingerprint density at radius 3 is 2.37 bits per heavy atom. The summed E-state index contributed by atoms with van der Waals surface area (Å²) in [6.07, 6.45) is -4.92. The summed E-state index contributed by atoms with van der Waals surface area (Å²) in [4.78, 5) is 6.94. The predicted octanol–water partition coefficient (Wildman–Crippen LogP) is 1.46. The van der Waals surface area contributed by atoms with Crippen LogP contribution in [0.3, 0.4) is 0 Å². The van der Waals surface area contributed by atoms with Gasteiger partial charge in [-0.05, 0) is 12.1 Å². The maximum Gasteiger partial charge on any atom is 0.573 e. The fourth-order valence-corrected chi connectivity index (χ4v) is 1.29. The molecule has 104 valence electrons. The lowest BCUT2D eigenvalue weighted by Gasteiger charge is -2.12. The second kappa shape index (κ2) is 5.65. The highest BCUT2D eigenvalue weighted by Crippen LogP contribution is 2.38. The number of aliphatic imine (C=N–C) groups is 2. The van der Waals surface area contributed by atoms with Gasteiger partial charge >= 0.3 is 6.36 Å². The van der Waals surface area contributed by atoms with Gasteiger partial charge in [-0.25, -0.2) is 4.99 Å². The number of benzene rings is 1. The zero-order valence-electron chi connectivity index (χ0n) is 9.28. The maximum absolute atomic E-state index is 12.2. The lowest BCUT2D eigenvalue weighted by Crippen LogP contribution is -2.26. The van der Waals surface area contributed by atoms with E-state index < -0.39 is 18.1 Å². The summed E-state index contributed by atoms with van der Waals surface area (Å²) in [6, 6.07) is 3.79. The number of hydrogen-bond acceptors (Lipinski definition) is 2. The Hall–Kier alpha value is -2.16. The van der Waals surface area contributed by atoms with Crippen LogP contribution in [0.15, 0.2) is 28.2 Å². The Bertz CT molecular complexity index is 525. The SMILES string of the molecule is NC(N)=NC(N)=Nc1cccc(Cl)c1OC(F)(F)F. The normalized spacial score (nSPS) is 12.1. The standard InChI is InChI=1S/C9H9ClF3N5O/c10-4-2-1-3-5(6(4)19-9(11,12)13)17-8(16)18-7(14)15/h1-3H,(H6,14,15,16,17,18). The summed E-state index contributed by atoms with van der Waals surface area (Å²) >= 11 is 5.60. The number of nitrogens with zero attached hydrogens (tertiary/aromatic N) is 2. The van der Waals surface area contributed by atoms with Gasteiger partial charge < -0.3 is 21.9 Å². The zero-order chi connectivity index (χ0) is 14.6. The second-order valence-electron chi connectivity index (χ2n) is 3.14. The molecule has 0 saturated carbocycles. The molecule has 1 aromatic rings. The average molecular weight is 296 g/mol. The van der Waals surface area contributed by atoms with Crippen molar-refractivity contribution in [3.63, 3.8) is 0 Å². The average Bonchev–Trinajstić information content (AvgIpc) is 2.20. The largest absolute Gasteiger partial charge is 0.573 e. The van der Waals surface area contributed by atoms with Gasteiger partial charge in [-0.1, -0.05) is 17.7 Å². The van der Waals surface area contributed by atoms with E-state index >= 15 is 0 Å². The summed E-state index contributed by atoms with van der Waals surface area (Å²) in [7, 11) is 0. The number of rotatable bonds is 2. The summed E-state index contributed by atoms with van der Waals surface area (Å²) in [5.41, 5.74) is 15.1. The molecule has 0 atom stereocenters. The minimum Gasteiger partial charge on any atom is -0.402 e. The van der Waals surface area contributed by atoms with Crippen LogP contribution in [0.2, 0.25) is 5.02 Å². The number of halogens is 4. The van der Waals surface area contributed by atoms with Crippen LogP contribution >= 0.6 is 11.6 Å². The molecule has 19 heavy (non-hydrogen) atoms. The molecule has 0 saturated heterocycles. The van der Waals surface area contributed by atoms with Gasteiger partial charge in [0.1, 0.15) is 5.69 Å². The minimum absolute atomic E-state index is 0.257. The quantitative estimate of drug-likeness (QED) is 0.566. The van der Waals surface area contributed by atoms with Gasteiger partial charge in [-0.3, -0.25) is 0 Å². The van der Waals surface area contributed by atoms with E-state index in [9.17, 15) is 13.2 Å². The molecule has 1 aromatic carbocycles. The highest BCUT2D eigenvalue weighted by molar-refractivity contribution is 6.32. The van der Waals surface area contributed by atoms with Crippen LogP contribution in [0.1, 0.15) is 0 Å². The van der Waals surface area contributed by atoms with Crippen LogP contribution in [0.4, 0.5) is 18.9 Å². The molecule has 6 nitrogen and oxygen atoms in total. The summed E-state index contributed by atoms with van der Waals surface area (Å²) < 4.78 is 40.4. The molecule has 0 aliphatic carbocycles. The van der Waals surface area contributed by atoms with E-state index in [0.29, 0.717) is 0 Å². The van der Waals surface area contributed by atoms with Gasteiger partial charge in [0.25, 0.3) is 0 Å². The molecule has 0 fully saturated rings. The van der Waals surface area contributed by atoms with E-state index in [4.69, 9.17) is 28.8 Å². The first-order chi connectivity index (χ1) is 8.69. The zero-order valence-corrected chi connectivity index (χ0v) is 10.0. The Balaban J connectivity index is 3.22. The molecule has 0 aliphatic rings. The van der Waals surface area contributed by atoms with Crippen LogP contribution in [-0.2, 0) is 0 Å². The molecule has 1 rings (SSSR count). The molecule has 0 amide bonds. The fraction of sp³-hybridized carbons (Fsp3) is 0.111. The molecule has 0 aromatic heterocycles. The van der Waals surface area contributed by atoms with E-state index in [0.717, 1.165) is 0 Å². The Morgan fingerprint density at radius 2 is 1.84 bits per heavy atom. The molecule has 0 aliphatic heterocycles. The van der Waals surface area contributed by atoms with Gasteiger partial charge in [0.15, 0.2) is 11.7 Å². The third-order valence-corrected chi connectivity index (χ3v) is 1.94. The lowest BCUT2D eigenvalue weighted by atomic mass is 10.3. The summed E-state index contributed by atoms with van der Waals surface area (Å²) in [5, 5.41) is -0.281. The summed E-state index contributed by atoms with van der Waals surface area (Å²) in [5.74, 6) is -1.51. The highest BCUT2D eigenvalue weighted by atomic mass is 35.5. The number of ether oxygens (including phenoxy) is 1. The van der Waals surface area contributed by atoms with Gasteiger partial charge in [0, 0.05) is 0 Å². The van der Waals surface area contributed by atoms with Crippen molar-refractivity contribution in [3.05, 3.63) is 23.2 Å². The van der Waals surface area contributed by atoms with Gasteiger partial charge in [0.05, 0.1) is 5.02 Å². The molecule has 0 heterocycles. The number of alkyl halides is 3. The third kappa shape index (κ3) is 4.92. The van der Waals surface area contributed by atoms with Gasteiger partial charge in [-0.2, -0.15) is 4.99 Å². The Kier molecular flexibility index (Phi) is 4.43. The number of nitrogens with two attached hydrogens (primary N) is 3. The van der Waals surface area contributed by atoms with Gasteiger partial charge in [-0.15, -0.1) is 13.2 Å². The topological polar surface area (TPSA) is 112 Å². The molecule has 0 unspecified atom stereocenters. The summed E-state index contributed by atoms with van der Waals surface area (Å²) in [6.45, 7) is 0. The Morgan fingerprint density at radius 1 is 1.21 bits per heavy atom. The Labute approximate surface area is 110 Å².